The standard InChI is InChI=1S/C60H108N16O14/c1-6-36(4)52(76-56(89)40(17-12-26-71-59(66)67)32-48(80)45(20-22-51(84)85)75-55(88)39(16-8-10-24-62)31-46(78)37(5)14-11-25-70-58(64)65)49(81)33-41(19-21-50(82)83)54(87)73-34-43(77)29-42(28-35(2)3)57(90)74-44(18-13-27-72-60(68)69)47(79)30-38(53(63)86)15-7-9-23-61/h35-42,44-45,52H,6-34,61-62H2,1-5H3,(H2,63,86)(H,73,87)(H,74,90)(H,75,88)(H,76,89)(H,82,83)(H,84,85)(H4,64,65,70)(H4,66,67,71)(H4,68,69,72)/t36-,37-,38+,39+,40+,41+,42+,44-,45-,52?/m0/s1. The van der Waals surface area contributed by atoms with Crippen molar-refractivity contribution in [2.45, 2.75) is 200 Å². The molecule has 0 saturated carbocycles. The molecule has 30 nitrogen and oxygen atoms in total. The lowest BCUT2D eigenvalue weighted by atomic mass is 9.86. The monoisotopic (exact) mass is 1280 g/mol. The molecule has 0 bridgehead atoms. The molecule has 0 aromatic carbocycles. The van der Waals surface area contributed by atoms with Crippen LogP contribution in [0.25, 0.3) is 0 Å². The van der Waals surface area contributed by atoms with Gasteiger partial charge in [0, 0.05) is 100 Å². The van der Waals surface area contributed by atoms with E-state index in [1.165, 1.54) is 0 Å². The van der Waals surface area contributed by atoms with Gasteiger partial charge in [-0.05, 0) is 108 Å². The number of nitrogens with one attached hydrogen (secondary N) is 4. The van der Waals surface area contributed by atoms with Gasteiger partial charge in [0.1, 0.15) is 5.78 Å². The van der Waals surface area contributed by atoms with Crippen LogP contribution in [-0.2, 0) is 57.5 Å². The average molecular weight is 1280 g/mol. The number of hydrogen-bond donors (Lipinski definition) is 15. The summed E-state index contributed by atoms with van der Waals surface area (Å²) in [7, 11) is 0. The van der Waals surface area contributed by atoms with Crippen molar-refractivity contribution >= 4 is 88.3 Å². The highest BCUT2D eigenvalue weighted by molar-refractivity contribution is 5.98. The summed E-state index contributed by atoms with van der Waals surface area (Å²) in [5.74, 6) is -15.9. The summed E-state index contributed by atoms with van der Waals surface area (Å²) in [5, 5.41) is 30.0. The smallest absolute Gasteiger partial charge is 0.303 e. The molecule has 5 amide bonds. The lowest BCUT2D eigenvalue weighted by Crippen LogP contribution is -2.50. The molecule has 0 radical (unpaired) electrons. The molecule has 24 N–H and O–H groups in total. The van der Waals surface area contributed by atoms with E-state index in [9.17, 15) is 67.7 Å². The Balaban J connectivity index is 6.82. The number of guanidine groups is 3. The van der Waals surface area contributed by atoms with E-state index in [1.807, 2.05) is 13.8 Å². The summed E-state index contributed by atoms with van der Waals surface area (Å²) >= 11 is 0. The van der Waals surface area contributed by atoms with Crippen molar-refractivity contribution in [1.29, 1.82) is 0 Å². The fraction of sp³-hybridized carbons (Fsp3) is 0.750. The number of aliphatic imine (C=N–C) groups is 3. The first-order valence-corrected chi connectivity index (χ1v) is 31.5. The number of rotatable bonds is 54. The van der Waals surface area contributed by atoms with Crippen molar-refractivity contribution in [3.63, 3.8) is 0 Å². The highest BCUT2D eigenvalue weighted by Gasteiger charge is 2.36. The second-order valence-corrected chi connectivity index (χ2v) is 23.8. The number of Topliss-reactive ketones (excluding diaryl/α,β-unsaturated/α-hetero) is 5. The molecule has 0 rings (SSSR count). The van der Waals surface area contributed by atoms with Gasteiger partial charge in [-0.3, -0.25) is 72.5 Å². The van der Waals surface area contributed by atoms with E-state index in [0.717, 1.165) is 0 Å². The fourth-order valence-electron chi connectivity index (χ4n) is 10.1. The molecular formula is C60H108N16O14. The number of unbranched alkanes of at least 4 members (excludes halogenated alkanes) is 2. The number of carboxylic acids is 2. The van der Waals surface area contributed by atoms with Gasteiger partial charge in [-0.25, -0.2) is 0 Å². The summed E-state index contributed by atoms with van der Waals surface area (Å²) in [5.41, 5.74) is 49.9. The summed E-state index contributed by atoms with van der Waals surface area (Å²) in [6.45, 7) is 9.25. The third-order valence-electron chi connectivity index (χ3n) is 15.6. The second-order valence-electron chi connectivity index (χ2n) is 23.8. The van der Waals surface area contributed by atoms with Gasteiger partial charge in [-0.15, -0.1) is 0 Å². The van der Waals surface area contributed by atoms with E-state index in [0.29, 0.717) is 71.0 Å². The van der Waals surface area contributed by atoms with Crippen molar-refractivity contribution in [3.8, 4) is 0 Å². The first-order chi connectivity index (χ1) is 42.4. The SMILES string of the molecule is CC[C@H](C)C(NC(=O)[C@H](CCCN=C(N)N)CC(=O)[C@H](CCC(=O)O)NC(=O)[C@H](CCCCN)CC(=O)[C@@H](C)CCCN=C(N)N)C(=O)C[C@@H](CCC(=O)O)C(=O)NCC(=O)C[C@@H](CC(C)C)C(=O)N[C@@H](CCCN=C(N)N)C(=O)C[C@@H](CCCCN)C(N)=O. The maximum atomic E-state index is 14.5. The van der Waals surface area contributed by atoms with Gasteiger partial charge in [0.05, 0.1) is 24.7 Å². The molecule has 90 heavy (non-hydrogen) atoms. The van der Waals surface area contributed by atoms with Gasteiger partial charge < -0.3 is 83.1 Å². The minimum Gasteiger partial charge on any atom is -0.481 e. The van der Waals surface area contributed by atoms with Crippen LogP contribution in [0, 0.1) is 47.3 Å². The number of carbonyl (C=O) groups excluding carboxylic acids is 10. The molecule has 0 aromatic heterocycles. The molecule has 0 aliphatic heterocycles. The topological polar surface area (TPSA) is 565 Å². The van der Waals surface area contributed by atoms with E-state index in [1.54, 1.807) is 20.8 Å². The van der Waals surface area contributed by atoms with Gasteiger partial charge >= 0.3 is 11.9 Å². The van der Waals surface area contributed by atoms with Crippen LogP contribution in [0.4, 0.5) is 0 Å². The summed E-state index contributed by atoms with van der Waals surface area (Å²) in [6.07, 6.45) is 0.659. The van der Waals surface area contributed by atoms with E-state index in [2.05, 4.69) is 36.2 Å². The van der Waals surface area contributed by atoms with Gasteiger partial charge in [0.2, 0.25) is 29.5 Å². The molecule has 0 heterocycles. The van der Waals surface area contributed by atoms with Crippen LogP contribution in [0.3, 0.4) is 0 Å². The first kappa shape index (κ1) is 82.4. The number of nitrogens with zero attached hydrogens (tertiary/aromatic N) is 3. The number of amides is 5. The van der Waals surface area contributed by atoms with Crippen molar-refractivity contribution < 1.29 is 67.7 Å². The zero-order valence-electron chi connectivity index (χ0n) is 53.7. The lowest BCUT2D eigenvalue weighted by molar-refractivity contribution is -0.140. The van der Waals surface area contributed by atoms with Crippen LogP contribution in [0.1, 0.15) is 182 Å². The van der Waals surface area contributed by atoms with E-state index in [-0.39, 0.29) is 107 Å². The molecule has 0 fully saturated rings. The number of nitrogens with two attached hydrogens (primary N) is 9. The maximum Gasteiger partial charge on any atom is 0.303 e. The van der Waals surface area contributed by atoms with E-state index in [4.69, 9.17) is 51.6 Å². The van der Waals surface area contributed by atoms with Gasteiger partial charge in [-0.2, -0.15) is 0 Å². The van der Waals surface area contributed by atoms with E-state index >= 15 is 0 Å². The number of hydrogen-bond acceptors (Lipinski definition) is 17. The molecule has 10 atom stereocenters. The summed E-state index contributed by atoms with van der Waals surface area (Å²) < 4.78 is 0. The number of ketones is 5. The Labute approximate surface area is 529 Å². The number of carboxylic acid groups (broad SMARTS) is 2. The first-order valence-electron chi connectivity index (χ1n) is 31.5. The number of aliphatic carboxylic acids is 2. The van der Waals surface area contributed by atoms with Crippen LogP contribution < -0.4 is 72.9 Å². The molecule has 512 valence electrons. The molecule has 30 heteroatoms. The highest BCUT2D eigenvalue weighted by atomic mass is 16.4. The predicted octanol–water partition coefficient (Wildman–Crippen LogP) is -0.204. The van der Waals surface area contributed by atoms with Gasteiger partial charge in [0.25, 0.3) is 0 Å². The predicted molar refractivity (Wildman–Crippen MR) is 341 cm³/mol. The fourth-order valence-corrected chi connectivity index (χ4v) is 10.1. The van der Waals surface area contributed by atoms with Crippen molar-refractivity contribution in [2.75, 3.05) is 39.3 Å². The Morgan fingerprint density at radius 1 is 0.433 bits per heavy atom. The zero-order valence-corrected chi connectivity index (χ0v) is 53.7. The number of primary amides is 1. The summed E-state index contributed by atoms with van der Waals surface area (Å²) in [6, 6.07) is -3.84. The largest absolute Gasteiger partial charge is 0.481 e. The average Bonchev–Trinajstić information content (AvgIpc) is 1.31. The molecule has 0 aliphatic rings. The second kappa shape index (κ2) is 46.5. The summed E-state index contributed by atoms with van der Waals surface area (Å²) in [4.78, 5) is 174. The lowest BCUT2D eigenvalue weighted by Gasteiger charge is -2.28. The zero-order chi connectivity index (χ0) is 68.5. The molecule has 0 aromatic rings. The van der Waals surface area contributed by atoms with Crippen molar-refractivity contribution in [2.24, 2.45) is 114 Å². The Hall–Kier alpha value is -7.63. The van der Waals surface area contributed by atoms with E-state index < -0.39 is 163 Å². The number of carbonyl (C=O) groups is 12. The van der Waals surface area contributed by atoms with Crippen LogP contribution in [0.2, 0.25) is 0 Å². The Bertz CT molecular complexity index is 2410. The van der Waals surface area contributed by atoms with Gasteiger partial charge in [0.15, 0.2) is 41.0 Å². The molecule has 0 spiro atoms. The van der Waals surface area contributed by atoms with Crippen LogP contribution in [0.15, 0.2) is 15.0 Å². The Kier molecular flexibility index (Phi) is 42.5. The molecule has 0 saturated heterocycles. The molecular weight excluding hydrogens is 1170 g/mol. The Morgan fingerprint density at radius 2 is 0.844 bits per heavy atom. The van der Waals surface area contributed by atoms with Crippen molar-refractivity contribution in [3.05, 3.63) is 0 Å². The molecule has 1 unspecified atom stereocenters. The van der Waals surface area contributed by atoms with Crippen LogP contribution in [0.5, 0.6) is 0 Å². The van der Waals surface area contributed by atoms with Gasteiger partial charge in [-0.1, -0.05) is 53.9 Å². The Morgan fingerprint density at radius 3 is 1.32 bits per heavy atom. The third-order valence-corrected chi connectivity index (χ3v) is 15.6. The molecule has 0 aliphatic carbocycles. The van der Waals surface area contributed by atoms with Crippen molar-refractivity contribution in [1.82, 2.24) is 21.3 Å². The highest BCUT2D eigenvalue weighted by Crippen LogP contribution is 2.25. The maximum absolute atomic E-state index is 14.5. The van der Waals surface area contributed by atoms with Crippen LogP contribution >= 0.6 is 0 Å². The normalized spacial score (nSPS) is 14.5. The minimum atomic E-state index is -1.43. The minimum absolute atomic E-state index is 0.0215. The quantitative estimate of drug-likeness (QED) is 0.0213. The van der Waals surface area contributed by atoms with Crippen LogP contribution in [-0.4, -0.2) is 156 Å². The third kappa shape index (κ3) is 37.4.